The molecule has 0 atom stereocenters. The Bertz CT molecular complexity index is 704. The molecule has 2 aromatic rings. The van der Waals surface area contributed by atoms with Gasteiger partial charge >= 0.3 is 0 Å². The van der Waals surface area contributed by atoms with Crippen LogP contribution in [0.5, 0.6) is 5.75 Å². The quantitative estimate of drug-likeness (QED) is 0.825. The first-order valence-electron chi connectivity index (χ1n) is 8.42. The first-order chi connectivity index (χ1) is 12.2. The van der Waals surface area contributed by atoms with Crippen molar-refractivity contribution in [2.24, 2.45) is 0 Å². The highest BCUT2D eigenvalue weighted by molar-refractivity contribution is 5.93. The van der Waals surface area contributed by atoms with E-state index in [1.807, 2.05) is 11.8 Å². The van der Waals surface area contributed by atoms with Crippen molar-refractivity contribution < 1.29 is 9.53 Å². The zero-order valence-electron chi connectivity index (χ0n) is 14.6. The molecule has 0 aromatic carbocycles. The molecule has 0 aliphatic carbocycles. The van der Waals surface area contributed by atoms with Crippen LogP contribution >= 0.6 is 0 Å². The molecule has 25 heavy (non-hydrogen) atoms. The summed E-state index contributed by atoms with van der Waals surface area (Å²) >= 11 is 0. The zero-order valence-corrected chi connectivity index (χ0v) is 14.6. The number of nitrogens with zero attached hydrogens (tertiary/aromatic N) is 6. The number of anilines is 1. The van der Waals surface area contributed by atoms with Gasteiger partial charge in [-0.25, -0.2) is 19.9 Å². The molecule has 1 amide bonds. The van der Waals surface area contributed by atoms with E-state index in [1.54, 1.807) is 31.9 Å². The Balaban J connectivity index is 1.64. The van der Waals surface area contributed by atoms with Crippen LogP contribution in [0.15, 0.2) is 24.8 Å². The molecule has 0 unspecified atom stereocenters. The van der Waals surface area contributed by atoms with Gasteiger partial charge in [0.25, 0.3) is 5.91 Å². The van der Waals surface area contributed by atoms with E-state index in [9.17, 15) is 4.79 Å². The Kier molecular flexibility index (Phi) is 5.37. The van der Waals surface area contributed by atoms with Crippen LogP contribution in [0.1, 0.15) is 29.5 Å². The molecular weight excluding hydrogens is 320 g/mol. The molecule has 0 radical (unpaired) electrons. The van der Waals surface area contributed by atoms with Crippen molar-refractivity contribution in [1.29, 1.82) is 0 Å². The molecule has 1 aliphatic rings. The summed E-state index contributed by atoms with van der Waals surface area (Å²) in [5.74, 6) is 2.01. The third-order valence-corrected chi connectivity index (χ3v) is 4.18. The maximum Gasteiger partial charge on any atom is 0.257 e. The van der Waals surface area contributed by atoms with Gasteiger partial charge in [0.05, 0.1) is 25.1 Å². The fraction of sp³-hybridized carbons (Fsp3) is 0.471. The highest BCUT2D eigenvalue weighted by Crippen LogP contribution is 2.15. The molecule has 132 valence electrons. The van der Waals surface area contributed by atoms with Crippen molar-refractivity contribution in [3.05, 3.63) is 36.2 Å². The van der Waals surface area contributed by atoms with Crippen LogP contribution in [0.3, 0.4) is 0 Å². The first-order valence-corrected chi connectivity index (χ1v) is 8.42. The summed E-state index contributed by atoms with van der Waals surface area (Å²) in [6, 6.07) is 0. The fourth-order valence-corrected chi connectivity index (χ4v) is 2.73. The van der Waals surface area contributed by atoms with Gasteiger partial charge in [-0.05, 0) is 6.42 Å². The SMILES string of the molecule is CCc1ncc(C(=O)N2CCCN(c3ncc(OC)cn3)CC2)cn1. The lowest BCUT2D eigenvalue weighted by Crippen LogP contribution is -2.35. The average molecular weight is 342 g/mol. The van der Waals surface area contributed by atoms with E-state index in [4.69, 9.17) is 4.74 Å². The molecule has 3 heterocycles. The van der Waals surface area contributed by atoms with E-state index in [0.29, 0.717) is 36.9 Å². The van der Waals surface area contributed by atoms with Crippen LogP contribution in [0.25, 0.3) is 0 Å². The van der Waals surface area contributed by atoms with Crippen LogP contribution in [0.2, 0.25) is 0 Å². The van der Waals surface area contributed by atoms with Gasteiger partial charge in [0.15, 0.2) is 5.75 Å². The van der Waals surface area contributed by atoms with Crippen LogP contribution in [0, 0.1) is 0 Å². The molecule has 1 aliphatic heterocycles. The summed E-state index contributed by atoms with van der Waals surface area (Å²) < 4.78 is 5.09. The molecule has 0 saturated carbocycles. The van der Waals surface area contributed by atoms with Gasteiger partial charge < -0.3 is 14.5 Å². The van der Waals surface area contributed by atoms with E-state index in [-0.39, 0.29) is 5.91 Å². The number of ether oxygens (including phenoxy) is 1. The lowest BCUT2D eigenvalue weighted by Gasteiger charge is -2.22. The number of aryl methyl sites for hydroxylation is 1. The van der Waals surface area contributed by atoms with Crippen molar-refractivity contribution in [2.75, 3.05) is 38.2 Å². The second kappa shape index (κ2) is 7.87. The molecule has 0 N–H and O–H groups in total. The topological polar surface area (TPSA) is 84.3 Å². The van der Waals surface area contributed by atoms with Crippen LogP contribution in [0.4, 0.5) is 5.95 Å². The molecule has 2 aromatic heterocycles. The monoisotopic (exact) mass is 342 g/mol. The predicted octanol–water partition coefficient (Wildman–Crippen LogP) is 1.19. The van der Waals surface area contributed by atoms with E-state index in [0.717, 1.165) is 25.2 Å². The summed E-state index contributed by atoms with van der Waals surface area (Å²) in [6.07, 6.45) is 8.16. The van der Waals surface area contributed by atoms with E-state index >= 15 is 0 Å². The highest BCUT2D eigenvalue weighted by Gasteiger charge is 2.22. The molecule has 0 bridgehead atoms. The number of hydrogen-bond acceptors (Lipinski definition) is 7. The van der Waals surface area contributed by atoms with Gasteiger partial charge in [-0.2, -0.15) is 0 Å². The zero-order chi connectivity index (χ0) is 17.6. The predicted molar refractivity (Wildman–Crippen MR) is 92.7 cm³/mol. The van der Waals surface area contributed by atoms with Gasteiger partial charge in [0, 0.05) is 45.0 Å². The number of aromatic nitrogens is 4. The van der Waals surface area contributed by atoms with Crippen LogP contribution in [-0.2, 0) is 6.42 Å². The number of methoxy groups -OCH3 is 1. The summed E-state index contributed by atoms with van der Waals surface area (Å²) in [5.41, 5.74) is 0.534. The number of rotatable bonds is 4. The fourth-order valence-electron chi connectivity index (χ4n) is 2.73. The van der Waals surface area contributed by atoms with Gasteiger partial charge in [-0.15, -0.1) is 0 Å². The molecular formula is C17H22N6O2. The lowest BCUT2D eigenvalue weighted by atomic mass is 10.2. The first kappa shape index (κ1) is 17.1. The molecule has 8 nitrogen and oxygen atoms in total. The van der Waals surface area contributed by atoms with E-state index in [2.05, 4.69) is 24.8 Å². The number of hydrogen-bond donors (Lipinski definition) is 0. The van der Waals surface area contributed by atoms with Gasteiger partial charge in [-0.1, -0.05) is 6.92 Å². The highest BCUT2D eigenvalue weighted by atomic mass is 16.5. The minimum absolute atomic E-state index is 0.0276. The maximum atomic E-state index is 12.7. The molecule has 3 rings (SSSR count). The van der Waals surface area contributed by atoms with E-state index in [1.165, 1.54) is 0 Å². The molecule has 0 spiro atoms. The second-order valence-electron chi connectivity index (χ2n) is 5.80. The largest absolute Gasteiger partial charge is 0.494 e. The van der Waals surface area contributed by atoms with Gasteiger partial charge in [0.1, 0.15) is 5.82 Å². The maximum absolute atomic E-state index is 12.7. The van der Waals surface area contributed by atoms with Gasteiger partial charge in [0.2, 0.25) is 5.95 Å². The third-order valence-electron chi connectivity index (χ3n) is 4.18. The van der Waals surface area contributed by atoms with Crippen molar-refractivity contribution >= 4 is 11.9 Å². The number of carbonyl (C=O) groups excluding carboxylic acids is 1. The van der Waals surface area contributed by atoms with Crippen molar-refractivity contribution in [1.82, 2.24) is 24.8 Å². The standard InChI is InChI=1S/C17H22N6O2/c1-3-15-18-9-13(10-19-15)16(24)22-5-4-6-23(8-7-22)17-20-11-14(25-2)12-21-17/h9-12H,3-8H2,1-2H3. The lowest BCUT2D eigenvalue weighted by molar-refractivity contribution is 0.0766. The molecule has 1 fully saturated rings. The smallest absolute Gasteiger partial charge is 0.257 e. The number of carbonyl (C=O) groups is 1. The Hall–Kier alpha value is -2.77. The van der Waals surface area contributed by atoms with Crippen molar-refractivity contribution in [3.8, 4) is 5.75 Å². The van der Waals surface area contributed by atoms with Crippen LogP contribution in [-0.4, -0.2) is 64.0 Å². The summed E-state index contributed by atoms with van der Waals surface area (Å²) in [5, 5.41) is 0. The normalized spacial score (nSPS) is 15.0. The molecule has 8 heteroatoms. The second-order valence-corrected chi connectivity index (χ2v) is 5.80. The summed E-state index contributed by atoms with van der Waals surface area (Å²) in [6.45, 7) is 4.79. The Morgan fingerprint density at radius 2 is 1.76 bits per heavy atom. The third kappa shape index (κ3) is 4.01. The molecule has 1 saturated heterocycles. The minimum Gasteiger partial charge on any atom is -0.494 e. The Morgan fingerprint density at radius 1 is 1.04 bits per heavy atom. The van der Waals surface area contributed by atoms with Crippen molar-refractivity contribution in [2.45, 2.75) is 19.8 Å². The van der Waals surface area contributed by atoms with Crippen LogP contribution < -0.4 is 9.64 Å². The summed E-state index contributed by atoms with van der Waals surface area (Å²) in [4.78, 5) is 33.7. The van der Waals surface area contributed by atoms with Gasteiger partial charge in [-0.3, -0.25) is 4.79 Å². The summed E-state index contributed by atoms with van der Waals surface area (Å²) in [7, 11) is 1.59. The Morgan fingerprint density at radius 3 is 2.40 bits per heavy atom. The number of amides is 1. The minimum atomic E-state index is -0.0276. The average Bonchev–Trinajstić information content (AvgIpc) is 2.94. The Labute approximate surface area is 146 Å². The van der Waals surface area contributed by atoms with E-state index < -0.39 is 0 Å². The van der Waals surface area contributed by atoms with Crippen molar-refractivity contribution in [3.63, 3.8) is 0 Å².